The van der Waals surface area contributed by atoms with Crippen LogP contribution in [0.25, 0.3) is 11.5 Å². The van der Waals surface area contributed by atoms with Crippen molar-refractivity contribution in [3.63, 3.8) is 0 Å². The first kappa shape index (κ1) is 20.5. The highest BCUT2D eigenvalue weighted by atomic mass is 32.2. The highest BCUT2D eigenvalue weighted by Crippen LogP contribution is 2.30. The van der Waals surface area contributed by atoms with Crippen LogP contribution in [-0.4, -0.2) is 26.8 Å². The SMILES string of the molecule is CCc1cccc(CC)c1NC(=O)CSc1nnc(-c2ccccc2[N+](=O)[O-])o1. The fraction of sp³-hybridized carbons (Fsp3) is 0.250. The van der Waals surface area contributed by atoms with Gasteiger partial charge >= 0.3 is 0 Å². The second-order valence-electron chi connectivity index (χ2n) is 6.14. The number of anilines is 1. The van der Waals surface area contributed by atoms with Crippen LogP contribution in [0.2, 0.25) is 0 Å². The summed E-state index contributed by atoms with van der Waals surface area (Å²) in [5.41, 5.74) is 3.15. The molecule has 0 atom stereocenters. The molecule has 0 unspecified atom stereocenters. The normalized spacial score (nSPS) is 10.7. The monoisotopic (exact) mass is 412 g/mol. The highest BCUT2D eigenvalue weighted by Gasteiger charge is 2.20. The molecule has 3 rings (SSSR count). The van der Waals surface area contributed by atoms with Crippen molar-refractivity contribution < 1.29 is 14.1 Å². The molecule has 150 valence electrons. The molecule has 0 saturated heterocycles. The number of aromatic nitrogens is 2. The number of benzene rings is 2. The second-order valence-corrected chi connectivity index (χ2v) is 7.07. The van der Waals surface area contributed by atoms with Crippen LogP contribution >= 0.6 is 11.8 Å². The van der Waals surface area contributed by atoms with E-state index in [2.05, 4.69) is 15.5 Å². The summed E-state index contributed by atoms with van der Waals surface area (Å²) in [7, 11) is 0. The maximum Gasteiger partial charge on any atom is 0.282 e. The number of nitro groups is 1. The van der Waals surface area contributed by atoms with Gasteiger partial charge in [-0.2, -0.15) is 0 Å². The number of carbonyl (C=O) groups excluding carboxylic acids is 1. The summed E-state index contributed by atoms with van der Waals surface area (Å²) in [6.45, 7) is 4.09. The standard InChI is InChI=1S/C20H20N4O4S/c1-3-13-8-7-9-14(4-2)18(13)21-17(25)12-29-20-23-22-19(28-20)15-10-5-6-11-16(15)24(26)27/h5-11H,3-4,12H2,1-2H3,(H,21,25). The Hall–Kier alpha value is -3.20. The molecular formula is C20H20N4O4S. The Labute approximate surface area is 171 Å². The number of amides is 1. The minimum atomic E-state index is -0.504. The van der Waals surface area contributed by atoms with E-state index in [1.165, 1.54) is 6.07 Å². The number of thioether (sulfide) groups is 1. The lowest BCUT2D eigenvalue weighted by Crippen LogP contribution is -2.16. The first-order valence-electron chi connectivity index (χ1n) is 9.14. The number of nitro benzene ring substituents is 1. The van der Waals surface area contributed by atoms with E-state index in [1.807, 2.05) is 32.0 Å². The predicted molar refractivity (Wildman–Crippen MR) is 111 cm³/mol. The van der Waals surface area contributed by atoms with E-state index in [-0.39, 0.29) is 34.0 Å². The van der Waals surface area contributed by atoms with E-state index >= 15 is 0 Å². The minimum Gasteiger partial charge on any atom is -0.411 e. The molecule has 2 aromatic carbocycles. The largest absolute Gasteiger partial charge is 0.411 e. The summed E-state index contributed by atoms with van der Waals surface area (Å²) in [6, 6.07) is 12.1. The maximum atomic E-state index is 12.4. The number of carbonyl (C=O) groups is 1. The van der Waals surface area contributed by atoms with Gasteiger partial charge in [0.05, 0.1) is 10.7 Å². The van der Waals surface area contributed by atoms with Crippen LogP contribution in [0.3, 0.4) is 0 Å². The predicted octanol–water partition coefficient (Wildman–Crippen LogP) is 4.50. The van der Waals surface area contributed by atoms with Gasteiger partial charge in [0.1, 0.15) is 5.56 Å². The van der Waals surface area contributed by atoms with E-state index in [0.717, 1.165) is 41.4 Å². The molecule has 9 heteroatoms. The first-order valence-corrected chi connectivity index (χ1v) is 10.1. The Kier molecular flexibility index (Phi) is 6.61. The molecule has 0 aliphatic heterocycles. The smallest absolute Gasteiger partial charge is 0.282 e. The highest BCUT2D eigenvalue weighted by molar-refractivity contribution is 7.99. The number of hydrogen-bond donors (Lipinski definition) is 1. The van der Waals surface area contributed by atoms with Gasteiger partial charge in [0, 0.05) is 11.8 Å². The van der Waals surface area contributed by atoms with Gasteiger partial charge in [-0.15, -0.1) is 10.2 Å². The number of rotatable bonds is 8. The molecule has 1 aromatic heterocycles. The van der Waals surface area contributed by atoms with Gasteiger partial charge < -0.3 is 9.73 Å². The summed E-state index contributed by atoms with van der Waals surface area (Å²) < 4.78 is 5.51. The zero-order valence-corrected chi connectivity index (χ0v) is 16.9. The molecule has 0 saturated carbocycles. The van der Waals surface area contributed by atoms with Gasteiger partial charge in [-0.25, -0.2) is 0 Å². The van der Waals surface area contributed by atoms with Gasteiger partial charge in [0.15, 0.2) is 0 Å². The molecule has 0 radical (unpaired) electrons. The van der Waals surface area contributed by atoms with Crippen molar-refractivity contribution in [2.45, 2.75) is 31.9 Å². The van der Waals surface area contributed by atoms with Crippen molar-refractivity contribution in [3.8, 4) is 11.5 Å². The first-order chi connectivity index (χ1) is 14.0. The molecule has 1 amide bonds. The Balaban J connectivity index is 1.68. The van der Waals surface area contributed by atoms with Crippen molar-refractivity contribution >= 4 is 29.0 Å². The lowest BCUT2D eigenvalue weighted by Gasteiger charge is -2.13. The van der Waals surface area contributed by atoms with Gasteiger partial charge in [-0.1, -0.05) is 55.9 Å². The Bertz CT molecular complexity index is 1010. The minimum absolute atomic E-state index is 0.0461. The van der Waals surface area contributed by atoms with Gasteiger partial charge in [-0.05, 0) is 30.0 Å². The zero-order valence-electron chi connectivity index (χ0n) is 16.0. The lowest BCUT2D eigenvalue weighted by molar-refractivity contribution is -0.384. The zero-order chi connectivity index (χ0) is 20.8. The molecule has 0 fully saturated rings. The summed E-state index contributed by atoms with van der Waals surface area (Å²) in [4.78, 5) is 23.1. The molecular weight excluding hydrogens is 392 g/mol. The third-order valence-electron chi connectivity index (χ3n) is 4.33. The summed E-state index contributed by atoms with van der Waals surface area (Å²) in [6.07, 6.45) is 1.64. The van der Waals surface area contributed by atoms with Crippen LogP contribution in [0.4, 0.5) is 11.4 Å². The van der Waals surface area contributed by atoms with E-state index in [4.69, 9.17) is 4.42 Å². The number of aryl methyl sites for hydroxylation is 2. The van der Waals surface area contributed by atoms with Crippen LogP contribution in [-0.2, 0) is 17.6 Å². The van der Waals surface area contributed by atoms with Crippen LogP contribution in [0.15, 0.2) is 52.1 Å². The van der Waals surface area contributed by atoms with Gasteiger partial charge in [0.25, 0.3) is 16.8 Å². The molecule has 1 heterocycles. The average Bonchev–Trinajstić information content (AvgIpc) is 3.21. The fourth-order valence-electron chi connectivity index (χ4n) is 2.90. The Morgan fingerprint density at radius 3 is 2.45 bits per heavy atom. The van der Waals surface area contributed by atoms with Crippen molar-refractivity contribution in [2.24, 2.45) is 0 Å². The molecule has 29 heavy (non-hydrogen) atoms. The summed E-state index contributed by atoms with van der Waals surface area (Å²) in [5.74, 6) is -0.0550. The maximum absolute atomic E-state index is 12.4. The van der Waals surface area contributed by atoms with Crippen LogP contribution in [0.1, 0.15) is 25.0 Å². The molecule has 0 spiro atoms. The van der Waals surface area contributed by atoms with Crippen molar-refractivity contribution in [1.29, 1.82) is 0 Å². The topological polar surface area (TPSA) is 111 Å². The molecule has 0 aliphatic carbocycles. The Morgan fingerprint density at radius 1 is 1.10 bits per heavy atom. The average molecular weight is 412 g/mol. The van der Waals surface area contributed by atoms with Crippen LogP contribution in [0, 0.1) is 10.1 Å². The second kappa shape index (κ2) is 9.33. The number of nitrogens with zero attached hydrogens (tertiary/aromatic N) is 3. The van der Waals surface area contributed by atoms with E-state index < -0.39 is 4.92 Å². The van der Waals surface area contributed by atoms with Gasteiger partial charge in [-0.3, -0.25) is 14.9 Å². The van der Waals surface area contributed by atoms with Crippen molar-refractivity contribution in [1.82, 2.24) is 10.2 Å². The molecule has 8 nitrogen and oxygen atoms in total. The summed E-state index contributed by atoms with van der Waals surface area (Å²) >= 11 is 1.08. The van der Waals surface area contributed by atoms with Crippen LogP contribution < -0.4 is 5.32 Å². The van der Waals surface area contributed by atoms with Crippen LogP contribution in [0.5, 0.6) is 0 Å². The van der Waals surface area contributed by atoms with Crippen molar-refractivity contribution in [2.75, 3.05) is 11.1 Å². The molecule has 0 aliphatic rings. The molecule has 1 N–H and O–H groups in total. The lowest BCUT2D eigenvalue weighted by atomic mass is 10.0. The van der Waals surface area contributed by atoms with E-state index in [0.29, 0.717) is 0 Å². The summed E-state index contributed by atoms with van der Waals surface area (Å²) in [5, 5.41) is 22.1. The van der Waals surface area contributed by atoms with Crippen molar-refractivity contribution in [3.05, 3.63) is 63.7 Å². The van der Waals surface area contributed by atoms with E-state index in [1.54, 1.807) is 18.2 Å². The third-order valence-corrected chi connectivity index (χ3v) is 5.15. The fourth-order valence-corrected chi connectivity index (χ4v) is 3.46. The number of hydrogen-bond acceptors (Lipinski definition) is 7. The quantitative estimate of drug-likeness (QED) is 0.329. The number of para-hydroxylation sites is 2. The van der Waals surface area contributed by atoms with E-state index in [9.17, 15) is 14.9 Å². The van der Waals surface area contributed by atoms with Gasteiger partial charge in [0.2, 0.25) is 5.91 Å². The number of nitrogens with one attached hydrogen (secondary N) is 1. The third kappa shape index (κ3) is 4.80. The Morgan fingerprint density at radius 2 is 1.79 bits per heavy atom. The molecule has 0 bridgehead atoms. The molecule has 3 aromatic rings.